The van der Waals surface area contributed by atoms with Crippen molar-refractivity contribution >= 4 is 38.9 Å². The number of thiophene rings is 1. The highest BCUT2D eigenvalue weighted by atomic mass is 79.9. The SMILES string of the molecule is Nc1cc(F)ccc1C(=O)OCc1cc(Br)cs1. The van der Waals surface area contributed by atoms with Crippen LogP contribution >= 0.6 is 27.3 Å². The Balaban J connectivity index is 2.03. The van der Waals surface area contributed by atoms with Gasteiger partial charge in [0.2, 0.25) is 0 Å². The van der Waals surface area contributed by atoms with Crippen molar-refractivity contribution in [3.63, 3.8) is 0 Å². The number of halogens is 2. The van der Waals surface area contributed by atoms with Gasteiger partial charge < -0.3 is 10.5 Å². The molecule has 1 heterocycles. The van der Waals surface area contributed by atoms with Crippen molar-refractivity contribution in [1.82, 2.24) is 0 Å². The zero-order valence-electron chi connectivity index (χ0n) is 9.15. The molecule has 94 valence electrons. The lowest BCUT2D eigenvalue weighted by atomic mass is 10.2. The molecule has 6 heteroatoms. The second kappa shape index (κ2) is 5.49. The van der Waals surface area contributed by atoms with Crippen LogP contribution in [0.25, 0.3) is 0 Å². The van der Waals surface area contributed by atoms with Crippen molar-refractivity contribution < 1.29 is 13.9 Å². The molecule has 3 nitrogen and oxygen atoms in total. The number of esters is 1. The van der Waals surface area contributed by atoms with Gasteiger partial charge in [-0.3, -0.25) is 0 Å². The van der Waals surface area contributed by atoms with Gasteiger partial charge in [-0.1, -0.05) is 0 Å². The van der Waals surface area contributed by atoms with Crippen molar-refractivity contribution in [3.05, 3.63) is 50.4 Å². The molecule has 0 aliphatic rings. The van der Waals surface area contributed by atoms with Crippen LogP contribution in [0.15, 0.2) is 34.1 Å². The number of nitrogens with two attached hydrogens (primary N) is 1. The van der Waals surface area contributed by atoms with E-state index in [-0.39, 0.29) is 17.9 Å². The maximum atomic E-state index is 12.8. The summed E-state index contributed by atoms with van der Waals surface area (Å²) in [5, 5.41) is 1.90. The molecular formula is C12H9BrFNO2S. The molecule has 0 saturated carbocycles. The van der Waals surface area contributed by atoms with E-state index in [1.807, 2.05) is 11.4 Å². The first-order chi connectivity index (χ1) is 8.56. The topological polar surface area (TPSA) is 52.3 Å². The zero-order chi connectivity index (χ0) is 13.1. The lowest BCUT2D eigenvalue weighted by Gasteiger charge is -2.05. The molecule has 0 saturated heterocycles. The van der Waals surface area contributed by atoms with Crippen LogP contribution in [0.2, 0.25) is 0 Å². The summed E-state index contributed by atoms with van der Waals surface area (Å²) in [6, 6.07) is 5.45. The van der Waals surface area contributed by atoms with Crippen LogP contribution in [0.3, 0.4) is 0 Å². The van der Waals surface area contributed by atoms with E-state index in [9.17, 15) is 9.18 Å². The fraction of sp³-hybridized carbons (Fsp3) is 0.0833. The number of hydrogen-bond acceptors (Lipinski definition) is 4. The molecule has 2 aromatic rings. The molecule has 0 amide bonds. The average molecular weight is 330 g/mol. The monoisotopic (exact) mass is 329 g/mol. The van der Waals surface area contributed by atoms with Gasteiger partial charge in [0.1, 0.15) is 12.4 Å². The van der Waals surface area contributed by atoms with Gasteiger partial charge in [-0.15, -0.1) is 11.3 Å². The minimum absolute atomic E-state index is 0.0763. The summed E-state index contributed by atoms with van der Waals surface area (Å²) in [4.78, 5) is 12.6. The fourth-order valence-corrected chi connectivity index (χ4v) is 2.73. The number of ether oxygens (including phenoxy) is 1. The number of anilines is 1. The number of carbonyl (C=O) groups is 1. The number of carbonyl (C=O) groups excluding carboxylic acids is 1. The van der Waals surface area contributed by atoms with Gasteiger partial charge in [0.05, 0.1) is 5.56 Å². The van der Waals surface area contributed by atoms with Crippen LogP contribution in [0.5, 0.6) is 0 Å². The second-order valence-corrected chi connectivity index (χ2v) is 5.45. The van der Waals surface area contributed by atoms with Crippen molar-refractivity contribution in [1.29, 1.82) is 0 Å². The summed E-state index contributed by atoms with van der Waals surface area (Å²) in [7, 11) is 0. The summed E-state index contributed by atoms with van der Waals surface area (Å²) in [6.07, 6.45) is 0. The van der Waals surface area contributed by atoms with E-state index in [0.717, 1.165) is 15.4 Å². The maximum Gasteiger partial charge on any atom is 0.340 e. The lowest BCUT2D eigenvalue weighted by Crippen LogP contribution is -2.08. The van der Waals surface area contributed by atoms with Gasteiger partial charge >= 0.3 is 5.97 Å². The standard InChI is InChI=1S/C12H9BrFNO2S/c13-7-3-9(18-6-7)5-17-12(16)10-2-1-8(14)4-11(10)15/h1-4,6H,5,15H2. The van der Waals surface area contributed by atoms with Crippen LogP contribution < -0.4 is 5.73 Å². The quantitative estimate of drug-likeness (QED) is 0.691. The zero-order valence-corrected chi connectivity index (χ0v) is 11.6. The fourth-order valence-electron chi connectivity index (χ4n) is 1.36. The molecule has 0 aliphatic heterocycles. The molecule has 0 unspecified atom stereocenters. The summed E-state index contributed by atoms with van der Waals surface area (Å²) in [5.41, 5.74) is 5.80. The molecule has 1 aromatic heterocycles. The second-order valence-electron chi connectivity index (χ2n) is 3.54. The number of benzene rings is 1. The van der Waals surface area contributed by atoms with E-state index < -0.39 is 11.8 Å². The predicted octanol–water partition coefficient (Wildman–Crippen LogP) is 3.59. The van der Waals surface area contributed by atoms with E-state index in [2.05, 4.69) is 15.9 Å². The summed E-state index contributed by atoms with van der Waals surface area (Å²) >= 11 is 4.79. The molecule has 0 aliphatic carbocycles. The Labute approximate surface area is 116 Å². The Hall–Kier alpha value is -1.40. The Bertz CT molecular complexity index is 585. The van der Waals surface area contributed by atoms with Crippen LogP contribution in [0, 0.1) is 5.82 Å². The third kappa shape index (κ3) is 3.08. The van der Waals surface area contributed by atoms with Crippen LogP contribution in [0.1, 0.15) is 15.2 Å². The summed E-state index contributed by atoms with van der Waals surface area (Å²) < 4.78 is 18.9. The van der Waals surface area contributed by atoms with E-state index >= 15 is 0 Å². The van der Waals surface area contributed by atoms with Gasteiger partial charge in [0, 0.05) is 20.4 Å². The predicted molar refractivity (Wildman–Crippen MR) is 72.0 cm³/mol. The molecule has 0 bridgehead atoms. The molecule has 0 radical (unpaired) electrons. The lowest BCUT2D eigenvalue weighted by molar-refractivity contribution is 0.0478. The highest BCUT2D eigenvalue weighted by Gasteiger charge is 2.12. The molecule has 0 atom stereocenters. The van der Waals surface area contributed by atoms with Gasteiger partial charge in [-0.25, -0.2) is 9.18 Å². The van der Waals surface area contributed by atoms with Crippen molar-refractivity contribution in [3.8, 4) is 0 Å². The smallest absolute Gasteiger partial charge is 0.340 e. The van der Waals surface area contributed by atoms with Crippen LogP contribution in [-0.2, 0) is 11.3 Å². The van der Waals surface area contributed by atoms with E-state index in [0.29, 0.717) is 0 Å². The van der Waals surface area contributed by atoms with Crippen LogP contribution in [-0.4, -0.2) is 5.97 Å². The Morgan fingerprint density at radius 1 is 1.44 bits per heavy atom. The van der Waals surface area contributed by atoms with E-state index in [1.54, 1.807) is 0 Å². The normalized spacial score (nSPS) is 10.3. The largest absolute Gasteiger partial charge is 0.456 e. The Morgan fingerprint density at radius 3 is 2.83 bits per heavy atom. The third-order valence-corrected chi connectivity index (χ3v) is 3.87. The number of hydrogen-bond donors (Lipinski definition) is 1. The molecule has 0 spiro atoms. The highest BCUT2D eigenvalue weighted by Crippen LogP contribution is 2.21. The van der Waals surface area contributed by atoms with Gasteiger partial charge in [-0.05, 0) is 40.2 Å². The first kappa shape index (κ1) is 13.0. The van der Waals surface area contributed by atoms with E-state index in [4.69, 9.17) is 10.5 Å². The first-order valence-electron chi connectivity index (χ1n) is 5.01. The molecule has 2 rings (SSSR count). The highest BCUT2D eigenvalue weighted by molar-refractivity contribution is 9.10. The number of nitrogen functional groups attached to an aromatic ring is 1. The van der Waals surface area contributed by atoms with Crippen LogP contribution in [0.4, 0.5) is 10.1 Å². The first-order valence-corrected chi connectivity index (χ1v) is 6.68. The maximum absolute atomic E-state index is 12.8. The minimum atomic E-state index is -0.558. The molecular weight excluding hydrogens is 321 g/mol. The third-order valence-electron chi connectivity index (χ3n) is 2.20. The Morgan fingerprint density at radius 2 is 2.22 bits per heavy atom. The van der Waals surface area contributed by atoms with Gasteiger partial charge in [0.25, 0.3) is 0 Å². The molecule has 18 heavy (non-hydrogen) atoms. The van der Waals surface area contributed by atoms with Crippen molar-refractivity contribution in [2.45, 2.75) is 6.61 Å². The number of rotatable bonds is 3. The molecule has 0 fully saturated rings. The van der Waals surface area contributed by atoms with Gasteiger partial charge in [0.15, 0.2) is 0 Å². The minimum Gasteiger partial charge on any atom is -0.456 e. The van der Waals surface area contributed by atoms with Crippen molar-refractivity contribution in [2.24, 2.45) is 0 Å². The molecule has 2 N–H and O–H groups in total. The molecule has 1 aromatic carbocycles. The summed E-state index contributed by atoms with van der Waals surface area (Å²) in [6.45, 7) is 0.173. The van der Waals surface area contributed by atoms with E-state index in [1.165, 1.54) is 23.5 Å². The van der Waals surface area contributed by atoms with Crippen molar-refractivity contribution in [2.75, 3.05) is 5.73 Å². The van der Waals surface area contributed by atoms with Gasteiger partial charge in [-0.2, -0.15) is 0 Å². The summed E-state index contributed by atoms with van der Waals surface area (Å²) in [5.74, 6) is -1.04. The Kier molecular flexibility index (Phi) is 3.98. The average Bonchev–Trinajstić information content (AvgIpc) is 2.72.